The zero-order valence-electron chi connectivity index (χ0n) is 14.4. The SMILES string of the molecule is CCCCn1nnnc1CN1CCC(c2ccnn2CCO)CC1. The van der Waals surface area contributed by atoms with Crippen molar-refractivity contribution in [3.8, 4) is 0 Å². The maximum Gasteiger partial charge on any atom is 0.165 e. The quantitative estimate of drug-likeness (QED) is 0.777. The van der Waals surface area contributed by atoms with Gasteiger partial charge in [0.25, 0.3) is 0 Å². The summed E-state index contributed by atoms with van der Waals surface area (Å²) in [7, 11) is 0. The van der Waals surface area contributed by atoms with E-state index in [1.54, 1.807) is 0 Å². The van der Waals surface area contributed by atoms with E-state index in [9.17, 15) is 0 Å². The molecule has 0 unspecified atom stereocenters. The molecule has 0 aromatic carbocycles. The summed E-state index contributed by atoms with van der Waals surface area (Å²) in [6.07, 6.45) is 6.29. The molecule has 2 aromatic rings. The van der Waals surface area contributed by atoms with E-state index in [2.05, 4.69) is 38.5 Å². The van der Waals surface area contributed by atoms with Crippen LogP contribution in [0.2, 0.25) is 0 Å². The highest BCUT2D eigenvalue weighted by atomic mass is 16.3. The Labute approximate surface area is 142 Å². The topological polar surface area (TPSA) is 84.9 Å². The van der Waals surface area contributed by atoms with E-state index in [4.69, 9.17) is 5.11 Å². The van der Waals surface area contributed by atoms with Crippen LogP contribution in [0.1, 0.15) is 50.0 Å². The number of likely N-dealkylation sites (tertiary alicyclic amines) is 1. The molecule has 1 aliphatic rings. The number of rotatable bonds is 8. The van der Waals surface area contributed by atoms with E-state index in [0.717, 1.165) is 57.7 Å². The van der Waals surface area contributed by atoms with E-state index < -0.39 is 0 Å². The Bertz CT molecular complexity index is 615. The first-order valence-corrected chi connectivity index (χ1v) is 8.91. The fraction of sp³-hybridized carbons (Fsp3) is 0.750. The highest BCUT2D eigenvalue weighted by Gasteiger charge is 2.24. The van der Waals surface area contributed by atoms with Gasteiger partial charge in [0.15, 0.2) is 5.82 Å². The lowest BCUT2D eigenvalue weighted by molar-refractivity contribution is 0.191. The van der Waals surface area contributed by atoms with Gasteiger partial charge < -0.3 is 5.11 Å². The van der Waals surface area contributed by atoms with Gasteiger partial charge in [0.05, 0.1) is 19.7 Å². The summed E-state index contributed by atoms with van der Waals surface area (Å²) >= 11 is 0. The lowest BCUT2D eigenvalue weighted by Gasteiger charge is -2.31. The molecule has 0 spiro atoms. The van der Waals surface area contributed by atoms with Gasteiger partial charge in [-0.25, -0.2) is 4.68 Å². The van der Waals surface area contributed by atoms with Crippen molar-refractivity contribution in [1.82, 2.24) is 34.9 Å². The van der Waals surface area contributed by atoms with Crippen molar-refractivity contribution in [2.24, 2.45) is 0 Å². The Morgan fingerprint density at radius 1 is 1.21 bits per heavy atom. The van der Waals surface area contributed by atoms with Crippen LogP contribution in [0.15, 0.2) is 12.3 Å². The molecule has 2 aromatic heterocycles. The van der Waals surface area contributed by atoms with E-state index in [0.29, 0.717) is 12.5 Å². The van der Waals surface area contributed by atoms with E-state index in [1.165, 1.54) is 5.69 Å². The number of hydrogen-bond donors (Lipinski definition) is 1. The molecular weight excluding hydrogens is 306 g/mol. The normalized spacial score (nSPS) is 16.8. The zero-order chi connectivity index (χ0) is 16.8. The summed E-state index contributed by atoms with van der Waals surface area (Å²) in [6.45, 7) is 6.68. The fourth-order valence-corrected chi connectivity index (χ4v) is 3.38. The van der Waals surface area contributed by atoms with Crippen molar-refractivity contribution in [2.45, 2.75) is 58.2 Å². The summed E-state index contributed by atoms with van der Waals surface area (Å²) in [5.74, 6) is 1.48. The number of piperidine rings is 1. The lowest BCUT2D eigenvalue weighted by atomic mass is 9.93. The van der Waals surface area contributed by atoms with Gasteiger partial charge in [-0.05, 0) is 48.8 Å². The van der Waals surface area contributed by atoms with Crippen LogP contribution in [0.25, 0.3) is 0 Å². The molecule has 3 rings (SSSR count). The van der Waals surface area contributed by atoms with Crippen LogP contribution >= 0.6 is 0 Å². The summed E-state index contributed by atoms with van der Waals surface area (Å²) in [5.41, 5.74) is 1.25. The third-order valence-corrected chi connectivity index (χ3v) is 4.76. The monoisotopic (exact) mass is 333 g/mol. The number of unbranched alkanes of at least 4 members (excludes halogenated alkanes) is 1. The van der Waals surface area contributed by atoms with Crippen LogP contribution in [-0.2, 0) is 19.6 Å². The molecular formula is C16H27N7O. The fourth-order valence-electron chi connectivity index (χ4n) is 3.38. The minimum Gasteiger partial charge on any atom is -0.394 e. The summed E-state index contributed by atoms with van der Waals surface area (Å²) in [5, 5.41) is 25.6. The van der Waals surface area contributed by atoms with Crippen LogP contribution in [0.4, 0.5) is 0 Å². The maximum absolute atomic E-state index is 9.14. The molecule has 1 aliphatic heterocycles. The van der Waals surface area contributed by atoms with Gasteiger partial charge in [-0.1, -0.05) is 13.3 Å². The second-order valence-corrected chi connectivity index (χ2v) is 6.43. The second kappa shape index (κ2) is 8.34. The summed E-state index contributed by atoms with van der Waals surface area (Å²) in [4.78, 5) is 2.43. The minimum absolute atomic E-state index is 0.133. The van der Waals surface area contributed by atoms with Gasteiger partial charge in [-0.15, -0.1) is 5.10 Å². The molecule has 1 N–H and O–H groups in total. The van der Waals surface area contributed by atoms with Crippen molar-refractivity contribution in [2.75, 3.05) is 19.7 Å². The van der Waals surface area contributed by atoms with Crippen molar-refractivity contribution < 1.29 is 5.11 Å². The Kier molecular flexibility index (Phi) is 5.92. The summed E-state index contributed by atoms with van der Waals surface area (Å²) in [6, 6.07) is 2.08. The molecule has 8 nitrogen and oxygen atoms in total. The van der Waals surface area contributed by atoms with E-state index >= 15 is 0 Å². The number of aliphatic hydroxyl groups excluding tert-OH is 1. The predicted molar refractivity (Wildman–Crippen MR) is 89.3 cm³/mol. The Balaban J connectivity index is 1.54. The average Bonchev–Trinajstić information content (AvgIpc) is 3.24. The number of hydrogen-bond acceptors (Lipinski definition) is 6. The molecule has 0 amide bonds. The highest BCUT2D eigenvalue weighted by Crippen LogP contribution is 2.28. The number of aliphatic hydroxyl groups is 1. The number of nitrogens with zero attached hydrogens (tertiary/aromatic N) is 7. The third kappa shape index (κ3) is 3.99. The van der Waals surface area contributed by atoms with Gasteiger partial charge in [0.2, 0.25) is 0 Å². The zero-order valence-corrected chi connectivity index (χ0v) is 14.4. The molecule has 8 heteroatoms. The summed E-state index contributed by atoms with van der Waals surface area (Å²) < 4.78 is 3.87. The molecule has 1 saturated heterocycles. The van der Waals surface area contributed by atoms with E-state index in [1.807, 2.05) is 15.6 Å². The number of tetrazole rings is 1. The average molecular weight is 333 g/mol. The lowest BCUT2D eigenvalue weighted by Crippen LogP contribution is -2.34. The van der Waals surface area contributed by atoms with Crippen LogP contribution in [-0.4, -0.2) is 59.7 Å². The van der Waals surface area contributed by atoms with Gasteiger partial charge in [-0.2, -0.15) is 5.10 Å². The molecule has 0 bridgehead atoms. The Morgan fingerprint density at radius 3 is 2.79 bits per heavy atom. The van der Waals surface area contributed by atoms with Crippen LogP contribution in [0, 0.1) is 0 Å². The Morgan fingerprint density at radius 2 is 2.04 bits per heavy atom. The second-order valence-electron chi connectivity index (χ2n) is 6.43. The first-order valence-electron chi connectivity index (χ1n) is 8.91. The highest BCUT2D eigenvalue weighted by molar-refractivity contribution is 5.09. The molecule has 132 valence electrons. The molecule has 0 atom stereocenters. The predicted octanol–water partition coefficient (Wildman–Crippen LogP) is 1.04. The van der Waals surface area contributed by atoms with Crippen molar-refractivity contribution in [3.63, 3.8) is 0 Å². The van der Waals surface area contributed by atoms with Gasteiger partial charge in [-0.3, -0.25) is 9.58 Å². The standard InChI is InChI=1S/C16H27N7O/c1-2-3-8-23-16(18-19-20-23)13-21-9-5-14(6-10-21)15-4-7-17-22(15)11-12-24/h4,7,14,24H,2-3,5-6,8-13H2,1H3. The molecule has 1 fully saturated rings. The Hall–Kier alpha value is -1.80. The van der Waals surface area contributed by atoms with Crippen molar-refractivity contribution in [3.05, 3.63) is 23.8 Å². The van der Waals surface area contributed by atoms with Crippen molar-refractivity contribution in [1.29, 1.82) is 0 Å². The van der Waals surface area contributed by atoms with Crippen LogP contribution < -0.4 is 0 Å². The number of aromatic nitrogens is 6. The van der Waals surface area contributed by atoms with Gasteiger partial charge >= 0.3 is 0 Å². The molecule has 0 aliphatic carbocycles. The first-order chi connectivity index (χ1) is 11.8. The molecule has 0 radical (unpaired) electrons. The minimum atomic E-state index is 0.133. The molecule has 24 heavy (non-hydrogen) atoms. The van der Waals surface area contributed by atoms with Crippen LogP contribution in [0.5, 0.6) is 0 Å². The third-order valence-electron chi connectivity index (χ3n) is 4.76. The van der Waals surface area contributed by atoms with Gasteiger partial charge in [0.1, 0.15) is 0 Å². The van der Waals surface area contributed by atoms with E-state index in [-0.39, 0.29) is 6.61 Å². The van der Waals surface area contributed by atoms with Crippen LogP contribution in [0.3, 0.4) is 0 Å². The smallest absolute Gasteiger partial charge is 0.165 e. The first kappa shape index (κ1) is 17.0. The molecule has 0 saturated carbocycles. The van der Waals surface area contributed by atoms with Gasteiger partial charge in [0, 0.05) is 24.4 Å². The molecule has 3 heterocycles. The maximum atomic E-state index is 9.14. The largest absolute Gasteiger partial charge is 0.394 e. The van der Waals surface area contributed by atoms with Crippen molar-refractivity contribution >= 4 is 0 Å². The number of aryl methyl sites for hydroxylation is 1.